The molecule has 0 spiro atoms. The van der Waals surface area contributed by atoms with Crippen molar-refractivity contribution in [3.8, 4) is 0 Å². The van der Waals surface area contributed by atoms with Crippen LogP contribution >= 0.6 is 0 Å². The van der Waals surface area contributed by atoms with E-state index >= 15 is 0 Å². The minimum Gasteiger partial charge on any atom is -0.337 e. The molecule has 1 aliphatic heterocycles. The van der Waals surface area contributed by atoms with E-state index in [0.717, 1.165) is 17.3 Å². The largest absolute Gasteiger partial charge is 0.337 e. The third-order valence-electron chi connectivity index (χ3n) is 4.87. The zero-order chi connectivity index (χ0) is 18.3. The molecule has 1 fully saturated rings. The van der Waals surface area contributed by atoms with Crippen molar-refractivity contribution in [1.82, 2.24) is 19.5 Å². The number of carbonyl (C=O) groups excluding carboxylic acids is 1. The second-order valence-electron chi connectivity index (χ2n) is 6.60. The number of pyridine rings is 1. The third kappa shape index (κ3) is 2.79. The zero-order valence-corrected chi connectivity index (χ0v) is 14.8. The number of halogens is 1. The maximum atomic E-state index is 13.7. The van der Waals surface area contributed by atoms with Gasteiger partial charge >= 0.3 is 0 Å². The number of amides is 1. The van der Waals surface area contributed by atoms with Crippen LogP contribution in [-0.4, -0.2) is 51.6 Å². The summed E-state index contributed by atoms with van der Waals surface area (Å²) in [6, 6.07) is 10.5. The van der Waals surface area contributed by atoms with Gasteiger partial charge in [0.25, 0.3) is 5.91 Å². The van der Waals surface area contributed by atoms with Gasteiger partial charge in [0.1, 0.15) is 5.82 Å². The van der Waals surface area contributed by atoms with Crippen molar-refractivity contribution in [1.29, 1.82) is 0 Å². The molecule has 0 atom stereocenters. The second kappa shape index (κ2) is 6.40. The maximum Gasteiger partial charge on any atom is 0.254 e. The highest BCUT2D eigenvalue weighted by Crippen LogP contribution is 2.19. The Morgan fingerprint density at radius 1 is 1.04 bits per heavy atom. The number of nitrogens with zero attached hydrogens (tertiary/aromatic N) is 5. The molecule has 6 nitrogen and oxygen atoms in total. The number of aryl methyl sites for hydroxylation is 2. The quantitative estimate of drug-likeness (QED) is 0.710. The molecule has 3 aromatic rings. The number of aromatic nitrogens is 3. The Morgan fingerprint density at radius 2 is 1.81 bits per heavy atom. The van der Waals surface area contributed by atoms with Crippen molar-refractivity contribution in [3.63, 3.8) is 0 Å². The number of hydrogen-bond donors (Lipinski definition) is 0. The summed E-state index contributed by atoms with van der Waals surface area (Å²) in [5.41, 5.74) is 2.82. The van der Waals surface area contributed by atoms with Crippen molar-refractivity contribution in [2.45, 2.75) is 13.8 Å². The first-order chi connectivity index (χ1) is 12.5. The lowest BCUT2D eigenvalue weighted by Gasteiger charge is -2.34. The fraction of sp³-hybridized carbons (Fsp3) is 0.316. The van der Waals surface area contributed by atoms with Crippen molar-refractivity contribution >= 4 is 17.5 Å². The van der Waals surface area contributed by atoms with Crippen LogP contribution in [0.2, 0.25) is 0 Å². The van der Waals surface area contributed by atoms with Gasteiger partial charge in [-0.3, -0.25) is 9.20 Å². The minimum absolute atomic E-state index is 0.133. The molecule has 0 unspecified atom stereocenters. The van der Waals surface area contributed by atoms with Gasteiger partial charge in [0, 0.05) is 37.4 Å². The van der Waals surface area contributed by atoms with Gasteiger partial charge in [0.05, 0.1) is 0 Å². The van der Waals surface area contributed by atoms with Crippen LogP contribution in [0.5, 0.6) is 0 Å². The van der Waals surface area contributed by atoms with E-state index in [9.17, 15) is 9.18 Å². The van der Waals surface area contributed by atoms with E-state index in [1.807, 2.05) is 29.5 Å². The van der Waals surface area contributed by atoms with Crippen LogP contribution in [0.1, 0.15) is 21.6 Å². The molecule has 1 saturated heterocycles. The summed E-state index contributed by atoms with van der Waals surface area (Å²) in [6.07, 6.45) is 0. The number of piperazine rings is 1. The summed E-state index contributed by atoms with van der Waals surface area (Å²) in [7, 11) is 0. The van der Waals surface area contributed by atoms with Crippen molar-refractivity contribution in [3.05, 3.63) is 59.0 Å². The fourth-order valence-electron chi connectivity index (χ4n) is 3.30. The fourth-order valence-corrected chi connectivity index (χ4v) is 3.30. The maximum absolute atomic E-state index is 13.7. The highest BCUT2D eigenvalue weighted by Gasteiger charge is 2.25. The predicted octanol–water partition coefficient (Wildman–Crippen LogP) is 2.45. The standard InChI is InChI=1S/C19H20FN5O/c1-13-6-7-15(12-16(13)20)18(26)23-8-10-24(11-9-23)19-22-21-17-5-3-4-14(2)25(17)19/h3-7,12H,8-11H2,1-2H3. The number of benzene rings is 1. The number of hydrogen-bond acceptors (Lipinski definition) is 4. The average Bonchev–Trinajstić information content (AvgIpc) is 3.09. The summed E-state index contributed by atoms with van der Waals surface area (Å²) >= 11 is 0. The van der Waals surface area contributed by atoms with Crippen LogP contribution in [0.25, 0.3) is 5.65 Å². The van der Waals surface area contributed by atoms with Crippen LogP contribution < -0.4 is 4.90 Å². The van der Waals surface area contributed by atoms with Gasteiger partial charge in [0.2, 0.25) is 5.95 Å². The topological polar surface area (TPSA) is 53.7 Å². The average molecular weight is 353 g/mol. The van der Waals surface area contributed by atoms with Crippen LogP contribution in [0, 0.1) is 19.7 Å². The van der Waals surface area contributed by atoms with Crippen molar-refractivity contribution < 1.29 is 9.18 Å². The third-order valence-corrected chi connectivity index (χ3v) is 4.87. The predicted molar refractivity (Wildman–Crippen MR) is 97.0 cm³/mol. The molecular weight excluding hydrogens is 333 g/mol. The van der Waals surface area contributed by atoms with Crippen LogP contribution in [-0.2, 0) is 0 Å². The Morgan fingerprint density at radius 3 is 2.54 bits per heavy atom. The lowest BCUT2D eigenvalue weighted by atomic mass is 10.1. The molecule has 4 rings (SSSR count). The van der Waals surface area contributed by atoms with Crippen LogP contribution in [0.3, 0.4) is 0 Å². The number of carbonyl (C=O) groups is 1. The highest BCUT2D eigenvalue weighted by atomic mass is 19.1. The Labute approximate surface area is 150 Å². The molecule has 7 heteroatoms. The molecule has 0 aliphatic carbocycles. The molecule has 1 aliphatic rings. The van der Waals surface area contributed by atoms with Gasteiger partial charge in [-0.1, -0.05) is 12.1 Å². The molecule has 1 aromatic carbocycles. The Balaban J connectivity index is 1.50. The SMILES string of the molecule is Cc1ccc(C(=O)N2CCN(c3nnc4cccc(C)n34)CC2)cc1F. The zero-order valence-electron chi connectivity index (χ0n) is 14.8. The molecule has 0 bridgehead atoms. The first kappa shape index (κ1) is 16.5. The Hall–Kier alpha value is -2.96. The normalized spacial score (nSPS) is 14.9. The van der Waals surface area contributed by atoms with E-state index < -0.39 is 0 Å². The molecule has 134 valence electrons. The van der Waals surface area contributed by atoms with Crippen molar-refractivity contribution in [2.24, 2.45) is 0 Å². The van der Waals surface area contributed by atoms with Crippen molar-refractivity contribution in [2.75, 3.05) is 31.1 Å². The molecule has 26 heavy (non-hydrogen) atoms. The summed E-state index contributed by atoms with van der Waals surface area (Å²) in [4.78, 5) is 16.5. The Kier molecular flexibility index (Phi) is 4.06. The Bertz CT molecular complexity index is 975. The van der Waals surface area contributed by atoms with Gasteiger partial charge in [-0.05, 0) is 43.7 Å². The van der Waals surface area contributed by atoms with Gasteiger partial charge in [-0.25, -0.2) is 4.39 Å². The smallest absolute Gasteiger partial charge is 0.254 e. The van der Waals surface area contributed by atoms with Gasteiger partial charge in [-0.15, -0.1) is 10.2 Å². The van der Waals surface area contributed by atoms with E-state index in [0.29, 0.717) is 37.3 Å². The number of fused-ring (bicyclic) bond motifs is 1. The number of rotatable bonds is 2. The van der Waals surface area contributed by atoms with E-state index in [1.54, 1.807) is 24.0 Å². The molecule has 0 N–H and O–H groups in total. The molecule has 1 amide bonds. The molecule has 3 heterocycles. The summed E-state index contributed by atoms with van der Waals surface area (Å²) in [6.45, 7) is 6.16. The molecule has 0 saturated carbocycles. The second-order valence-corrected chi connectivity index (χ2v) is 6.60. The van der Waals surface area contributed by atoms with E-state index in [2.05, 4.69) is 15.1 Å². The monoisotopic (exact) mass is 353 g/mol. The highest BCUT2D eigenvalue weighted by molar-refractivity contribution is 5.94. The first-order valence-corrected chi connectivity index (χ1v) is 8.66. The van der Waals surface area contributed by atoms with Gasteiger partial charge < -0.3 is 9.80 Å². The minimum atomic E-state index is -0.347. The van der Waals surface area contributed by atoms with Gasteiger partial charge in [0.15, 0.2) is 5.65 Å². The molecular formula is C19H20FN5O. The summed E-state index contributed by atoms with van der Waals surface area (Å²) < 4.78 is 15.8. The first-order valence-electron chi connectivity index (χ1n) is 8.66. The van der Waals surface area contributed by atoms with Crippen LogP contribution in [0.4, 0.5) is 10.3 Å². The van der Waals surface area contributed by atoms with E-state index in [1.165, 1.54) is 6.07 Å². The number of anilines is 1. The summed E-state index contributed by atoms with van der Waals surface area (Å²) in [5.74, 6) is 0.317. The van der Waals surface area contributed by atoms with E-state index in [-0.39, 0.29) is 11.7 Å². The van der Waals surface area contributed by atoms with Crippen LogP contribution in [0.15, 0.2) is 36.4 Å². The molecule has 2 aromatic heterocycles. The van der Waals surface area contributed by atoms with Gasteiger partial charge in [-0.2, -0.15) is 0 Å². The lowest BCUT2D eigenvalue weighted by molar-refractivity contribution is 0.0745. The lowest BCUT2D eigenvalue weighted by Crippen LogP contribution is -2.49. The summed E-state index contributed by atoms with van der Waals surface area (Å²) in [5, 5.41) is 8.54. The van der Waals surface area contributed by atoms with E-state index in [4.69, 9.17) is 0 Å². The molecule has 0 radical (unpaired) electrons.